The predicted molar refractivity (Wildman–Crippen MR) is 97.6 cm³/mol. The molecule has 0 spiro atoms. The first-order valence-electron chi connectivity index (χ1n) is 9.69. The van der Waals surface area contributed by atoms with Crippen LogP contribution in [0.1, 0.15) is 42.3 Å². The van der Waals surface area contributed by atoms with Crippen molar-refractivity contribution in [3.8, 4) is 11.8 Å². The van der Waals surface area contributed by atoms with Crippen molar-refractivity contribution in [2.75, 3.05) is 26.2 Å². The van der Waals surface area contributed by atoms with Gasteiger partial charge in [0.05, 0.1) is 24.7 Å². The molecule has 3 aliphatic rings. The van der Waals surface area contributed by atoms with E-state index in [9.17, 15) is 10.1 Å². The molecule has 1 aliphatic carbocycles. The van der Waals surface area contributed by atoms with Crippen molar-refractivity contribution in [3.63, 3.8) is 0 Å². The fourth-order valence-electron chi connectivity index (χ4n) is 4.02. The van der Waals surface area contributed by atoms with Gasteiger partial charge in [-0.15, -0.1) is 5.10 Å². The molecule has 1 atom stereocenters. The van der Waals surface area contributed by atoms with E-state index in [-0.39, 0.29) is 18.2 Å². The van der Waals surface area contributed by atoms with Crippen molar-refractivity contribution in [3.05, 3.63) is 35.7 Å². The molecule has 1 saturated carbocycles. The molecule has 2 aromatic rings. The van der Waals surface area contributed by atoms with Crippen LogP contribution in [-0.4, -0.2) is 68.3 Å². The van der Waals surface area contributed by atoms with Crippen molar-refractivity contribution in [1.82, 2.24) is 30.0 Å². The lowest BCUT2D eigenvalue weighted by Gasteiger charge is -2.41. The number of aromatic nitrogens is 4. The van der Waals surface area contributed by atoms with Gasteiger partial charge in [0, 0.05) is 13.1 Å². The zero-order chi connectivity index (χ0) is 19.1. The Morgan fingerprint density at radius 1 is 1.18 bits per heavy atom. The van der Waals surface area contributed by atoms with E-state index in [0.717, 1.165) is 24.8 Å². The highest BCUT2D eigenvalue weighted by Crippen LogP contribution is 2.43. The summed E-state index contributed by atoms with van der Waals surface area (Å²) >= 11 is 0. The number of likely N-dealkylation sites (tertiary alicyclic amines) is 2. The highest BCUT2D eigenvalue weighted by molar-refractivity contribution is 5.75. The average Bonchev–Trinajstić information content (AvgIpc) is 3.17. The SMILES string of the molecule is N#Cc1c(OC2CN(C(=O)N3CC[C@@H](n4cnnn4)C3)C2)cccc1C1CC1. The molecule has 0 radical (unpaired) electrons. The summed E-state index contributed by atoms with van der Waals surface area (Å²) in [5, 5.41) is 20.8. The number of tetrazole rings is 1. The Hall–Kier alpha value is -3.15. The number of benzene rings is 1. The van der Waals surface area contributed by atoms with Crippen LogP contribution < -0.4 is 4.74 Å². The molecule has 0 unspecified atom stereocenters. The predicted octanol–water partition coefficient (Wildman–Crippen LogP) is 1.55. The van der Waals surface area contributed by atoms with Gasteiger partial charge in [0.2, 0.25) is 0 Å². The molecule has 1 aromatic carbocycles. The lowest BCUT2D eigenvalue weighted by atomic mass is 10.0. The van der Waals surface area contributed by atoms with Crippen LogP contribution in [0.5, 0.6) is 5.75 Å². The first-order chi connectivity index (χ1) is 13.7. The van der Waals surface area contributed by atoms with E-state index in [0.29, 0.717) is 43.4 Å². The fourth-order valence-corrected chi connectivity index (χ4v) is 4.02. The summed E-state index contributed by atoms with van der Waals surface area (Å²) in [6.07, 6.45) is 4.67. The van der Waals surface area contributed by atoms with E-state index in [1.165, 1.54) is 0 Å². The molecule has 3 heterocycles. The number of carbonyl (C=O) groups is 1. The molecule has 5 rings (SSSR count). The molecular formula is C19H21N7O2. The van der Waals surface area contributed by atoms with Crippen molar-refractivity contribution < 1.29 is 9.53 Å². The monoisotopic (exact) mass is 379 g/mol. The molecule has 1 aromatic heterocycles. The number of amides is 2. The Bertz CT molecular complexity index is 913. The van der Waals surface area contributed by atoms with Crippen LogP contribution in [0.3, 0.4) is 0 Å². The topological polar surface area (TPSA) is 100 Å². The maximum Gasteiger partial charge on any atom is 0.320 e. The van der Waals surface area contributed by atoms with Gasteiger partial charge in [-0.25, -0.2) is 9.48 Å². The zero-order valence-corrected chi connectivity index (χ0v) is 15.4. The van der Waals surface area contributed by atoms with Crippen LogP contribution in [0.15, 0.2) is 24.5 Å². The summed E-state index contributed by atoms with van der Waals surface area (Å²) < 4.78 is 7.76. The number of hydrogen-bond donors (Lipinski definition) is 0. The van der Waals surface area contributed by atoms with E-state index < -0.39 is 0 Å². The summed E-state index contributed by atoms with van der Waals surface area (Å²) in [6.45, 7) is 2.41. The molecule has 2 saturated heterocycles. The molecule has 0 N–H and O–H groups in total. The molecule has 0 bridgehead atoms. The second kappa shape index (κ2) is 6.78. The van der Waals surface area contributed by atoms with Crippen LogP contribution in [0.2, 0.25) is 0 Å². The normalized spacial score (nSPS) is 22.0. The Balaban J connectivity index is 1.17. The van der Waals surface area contributed by atoms with Gasteiger partial charge in [0.1, 0.15) is 24.3 Å². The maximum absolute atomic E-state index is 12.7. The third-order valence-electron chi connectivity index (χ3n) is 5.77. The number of carbonyl (C=O) groups excluding carboxylic acids is 1. The number of hydrogen-bond acceptors (Lipinski definition) is 6. The summed E-state index contributed by atoms with van der Waals surface area (Å²) in [6, 6.07) is 8.30. The lowest BCUT2D eigenvalue weighted by molar-refractivity contribution is 0.0327. The van der Waals surface area contributed by atoms with Crippen LogP contribution in [-0.2, 0) is 0 Å². The van der Waals surface area contributed by atoms with Gasteiger partial charge in [0.25, 0.3) is 0 Å². The quantitative estimate of drug-likeness (QED) is 0.799. The van der Waals surface area contributed by atoms with Crippen LogP contribution in [0.25, 0.3) is 0 Å². The van der Waals surface area contributed by atoms with Crippen molar-refractivity contribution in [1.29, 1.82) is 5.26 Å². The summed E-state index contributed by atoms with van der Waals surface area (Å²) in [4.78, 5) is 16.3. The van der Waals surface area contributed by atoms with Crippen LogP contribution >= 0.6 is 0 Å². The summed E-state index contributed by atoms with van der Waals surface area (Å²) in [5.41, 5.74) is 1.75. The number of urea groups is 1. The Morgan fingerprint density at radius 3 is 2.75 bits per heavy atom. The number of nitriles is 1. The highest BCUT2D eigenvalue weighted by atomic mass is 16.5. The number of rotatable bonds is 4. The second-order valence-corrected chi connectivity index (χ2v) is 7.71. The van der Waals surface area contributed by atoms with Crippen LogP contribution in [0, 0.1) is 11.3 Å². The number of ether oxygens (including phenoxy) is 1. The van der Waals surface area contributed by atoms with Crippen molar-refractivity contribution in [2.45, 2.75) is 37.3 Å². The van der Waals surface area contributed by atoms with E-state index >= 15 is 0 Å². The summed E-state index contributed by atoms with van der Waals surface area (Å²) in [5.74, 6) is 1.14. The highest BCUT2D eigenvalue weighted by Gasteiger charge is 2.38. The lowest BCUT2D eigenvalue weighted by Crippen LogP contribution is -2.59. The molecule has 3 fully saturated rings. The van der Waals surface area contributed by atoms with Gasteiger partial charge in [-0.05, 0) is 47.2 Å². The van der Waals surface area contributed by atoms with Crippen molar-refractivity contribution >= 4 is 6.03 Å². The Kier molecular flexibility index (Phi) is 4.11. The van der Waals surface area contributed by atoms with Gasteiger partial charge < -0.3 is 14.5 Å². The molecule has 144 valence electrons. The van der Waals surface area contributed by atoms with Gasteiger partial charge in [-0.1, -0.05) is 12.1 Å². The Labute approximate surface area is 162 Å². The van der Waals surface area contributed by atoms with Gasteiger partial charge in [-0.2, -0.15) is 5.26 Å². The van der Waals surface area contributed by atoms with E-state index in [1.54, 1.807) is 15.9 Å². The minimum atomic E-state index is -0.0663. The first kappa shape index (κ1) is 17.0. The second-order valence-electron chi connectivity index (χ2n) is 7.71. The fraction of sp³-hybridized carbons (Fsp3) is 0.526. The van der Waals surface area contributed by atoms with E-state index in [2.05, 4.69) is 21.6 Å². The Morgan fingerprint density at radius 2 is 2.04 bits per heavy atom. The van der Waals surface area contributed by atoms with Gasteiger partial charge in [0.15, 0.2) is 0 Å². The molecule has 28 heavy (non-hydrogen) atoms. The standard InChI is InChI=1S/C19H21N7O2/c20-8-17-16(13-4-5-13)2-1-3-18(17)28-15-10-25(11-15)19(27)24-7-6-14(9-24)26-12-21-22-23-26/h1-3,12-15H,4-7,9-11H2/t14-/m1/s1. The molecule has 9 heteroatoms. The van der Waals surface area contributed by atoms with Crippen molar-refractivity contribution in [2.24, 2.45) is 0 Å². The molecule has 9 nitrogen and oxygen atoms in total. The first-order valence-corrected chi connectivity index (χ1v) is 9.69. The maximum atomic E-state index is 12.7. The van der Waals surface area contributed by atoms with Gasteiger partial charge >= 0.3 is 6.03 Å². The molecule has 2 aliphatic heterocycles. The smallest absolute Gasteiger partial charge is 0.320 e. The average molecular weight is 379 g/mol. The van der Waals surface area contributed by atoms with E-state index in [1.807, 2.05) is 23.1 Å². The minimum absolute atomic E-state index is 0.0302. The number of nitrogens with zero attached hydrogens (tertiary/aromatic N) is 7. The van der Waals surface area contributed by atoms with Crippen LogP contribution in [0.4, 0.5) is 4.79 Å². The minimum Gasteiger partial charge on any atom is -0.485 e. The largest absolute Gasteiger partial charge is 0.485 e. The third kappa shape index (κ3) is 3.05. The molecular weight excluding hydrogens is 358 g/mol. The van der Waals surface area contributed by atoms with Gasteiger partial charge in [-0.3, -0.25) is 0 Å². The zero-order valence-electron chi connectivity index (χ0n) is 15.4. The van der Waals surface area contributed by atoms with E-state index in [4.69, 9.17) is 4.74 Å². The molecule has 2 amide bonds. The summed E-state index contributed by atoms with van der Waals surface area (Å²) in [7, 11) is 0. The third-order valence-corrected chi connectivity index (χ3v) is 5.77.